The van der Waals surface area contributed by atoms with Gasteiger partial charge in [0.15, 0.2) is 5.69 Å². The standard InChI is InChI=1S/C10H16F3N5O2/c1-20-5-6(19)2-3-15-8-4-7(10(11,12)13)16-9(17-8)18-14/h4,6,19H,2-3,5,14H2,1H3,(H2,15,16,17,18). The van der Waals surface area contributed by atoms with Gasteiger partial charge in [-0.05, 0) is 6.42 Å². The molecule has 5 N–H and O–H groups in total. The molecule has 20 heavy (non-hydrogen) atoms. The van der Waals surface area contributed by atoms with E-state index >= 15 is 0 Å². The summed E-state index contributed by atoms with van der Waals surface area (Å²) in [5, 5.41) is 12.1. The number of aliphatic hydroxyl groups is 1. The highest BCUT2D eigenvalue weighted by Crippen LogP contribution is 2.29. The molecular weight excluding hydrogens is 279 g/mol. The zero-order valence-electron chi connectivity index (χ0n) is 10.7. The van der Waals surface area contributed by atoms with Gasteiger partial charge in [0.2, 0.25) is 5.95 Å². The zero-order valence-corrected chi connectivity index (χ0v) is 10.7. The molecule has 1 aromatic rings. The van der Waals surface area contributed by atoms with Crippen LogP contribution in [0.2, 0.25) is 0 Å². The van der Waals surface area contributed by atoms with Crippen molar-refractivity contribution >= 4 is 11.8 Å². The van der Waals surface area contributed by atoms with Crippen LogP contribution in [0.4, 0.5) is 24.9 Å². The molecule has 0 saturated heterocycles. The third kappa shape index (κ3) is 5.15. The number of nitrogens with one attached hydrogen (secondary N) is 2. The molecule has 0 aliphatic rings. The van der Waals surface area contributed by atoms with Crippen molar-refractivity contribution in [1.82, 2.24) is 9.97 Å². The van der Waals surface area contributed by atoms with E-state index in [1.807, 2.05) is 5.43 Å². The topological polar surface area (TPSA) is 105 Å². The van der Waals surface area contributed by atoms with Crippen molar-refractivity contribution in [2.45, 2.75) is 18.7 Å². The van der Waals surface area contributed by atoms with Gasteiger partial charge in [0, 0.05) is 19.7 Å². The van der Waals surface area contributed by atoms with E-state index in [-0.39, 0.29) is 24.9 Å². The maximum atomic E-state index is 12.6. The largest absolute Gasteiger partial charge is 0.433 e. The fraction of sp³-hybridized carbons (Fsp3) is 0.600. The van der Waals surface area contributed by atoms with Gasteiger partial charge in [-0.1, -0.05) is 0 Å². The lowest BCUT2D eigenvalue weighted by Crippen LogP contribution is -2.20. The number of anilines is 2. The molecule has 1 unspecified atom stereocenters. The van der Waals surface area contributed by atoms with Crippen molar-refractivity contribution in [2.75, 3.05) is 31.0 Å². The second-order valence-electron chi connectivity index (χ2n) is 3.93. The number of nitrogen functional groups attached to an aromatic ring is 1. The number of methoxy groups -OCH3 is 1. The van der Waals surface area contributed by atoms with Crippen LogP contribution in [0.5, 0.6) is 0 Å². The molecule has 0 amide bonds. The van der Waals surface area contributed by atoms with E-state index in [2.05, 4.69) is 15.3 Å². The summed E-state index contributed by atoms with van der Waals surface area (Å²) in [4.78, 5) is 6.95. The summed E-state index contributed by atoms with van der Waals surface area (Å²) in [5.74, 6) is 4.64. The molecule has 0 aliphatic carbocycles. The Balaban J connectivity index is 2.70. The van der Waals surface area contributed by atoms with Crippen molar-refractivity contribution in [3.05, 3.63) is 11.8 Å². The summed E-state index contributed by atoms with van der Waals surface area (Å²) >= 11 is 0. The molecule has 10 heteroatoms. The first-order valence-corrected chi connectivity index (χ1v) is 5.70. The molecule has 0 aliphatic heterocycles. The highest BCUT2D eigenvalue weighted by molar-refractivity contribution is 5.42. The number of hydrogen-bond acceptors (Lipinski definition) is 7. The second kappa shape index (κ2) is 7.22. The van der Waals surface area contributed by atoms with E-state index in [9.17, 15) is 18.3 Å². The number of halogens is 3. The number of rotatable bonds is 7. The Kier molecular flexibility index (Phi) is 5.92. The fourth-order valence-electron chi connectivity index (χ4n) is 1.39. The minimum absolute atomic E-state index is 0.0371. The molecule has 1 rings (SSSR count). The monoisotopic (exact) mass is 295 g/mol. The summed E-state index contributed by atoms with van der Waals surface area (Å²) in [6, 6.07) is 0.767. The van der Waals surface area contributed by atoms with Gasteiger partial charge in [-0.3, -0.25) is 5.43 Å². The van der Waals surface area contributed by atoms with E-state index in [4.69, 9.17) is 10.6 Å². The van der Waals surface area contributed by atoms with Gasteiger partial charge >= 0.3 is 6.18 Å². The Bertz CT molecular complexity index is 430. The highest BCUT2D eigenvalue weighted by Gasteiger charge is 2.33. The van der Waals surface area contributed by atoms with Crippen molar-refractivity contribution in [3.8, 4) is 0 Å². The van der Waals surface area contributed by atoms with Crippen LogP contribution in [-0.2, 0) is 10.9 Å². The molecule has 0 radical (unpaired) electrons. The van der Waals surface area contributed by atoms with Crippen LogP contribution in [0.15, 0.2) is 6.07 Å². The maximum absolute atomic E-state index is 12.6. The number of nitrogens with zero attached hydrogens (tertiary/aromatic N) is 2. The average Bonchev–Trinajstić information content (AvgIpc) is 2.37. The lowest BCUT2D eigenvalue weighted by Gasteiger charge is -2.13. The van der Waals surface area contributed by atoms with E-state index < -0.39 is 18.0 Å². The van der Waals surface area contributed by atoms with E-state index in [0.717, 1.165) is 6.07 Å². The van der Waals surface area contributed by atoms with Crippen molar-refractivity contribution < 1.29 is 23.0 Å². The molecule has 0 fully saturated rings. The third-order valence-electron chi connectivity index (χ3n) is 2.29. The average molecular weight is 295 g/mol. The lowest BCUT2D eigenvalue weighted by molar-refractivity contribution is -0.141. The van der Waals surface area contributed by atoms with Gasteiger partial charge in [-0.2, -0.15) is 18.2 Å². The number of aliphatic hydroxyl groups excluding tert-OH is 1. The van der Waals surface area contributed by atoms with Crippen LogP contribution in [0.25, 0.3) is 0 Å². The summed E-state index contributed by atoms with van der Waals surface area (Å²) in [6.07, 6.45) is -5.01. The van der Waals surface area contributed by atoms with Crippen LogP contribution in [-0.4, -0.2) is 41.4 Å². The predicted molar refractivity (Wildman–Crippen MR) is 65.8 cm³/mol. The van der Waals surface area contributed by atoms with Gasteiger partial charge in [0.05, 0.1) is 12.7 Å². The Morgan fingerprint density at radius 1 is 1.45 bits per heavy atom. The molecule has 7 nitrogen and oxygen atoms in total. The molecule has 1 atom stereocenters. The quantitative estimate of drug-likeness (QED) is 0.431. The molecular formula is C10H16F3N5O2. The summed E-state index contributed by atoms with van der Waals surface area (Å²) < 4.78 is 42.5. The number of nitrogens with two attached hydrogens (primary N) is 1. The minimum atomic E-state index is -4.60. The van der Waals surface area contributed by atoms with Gasteiger partial charge in [-0.25, -0.2) is 10.8 Å². The lowest BCUT2D eigenvalue weighted by atomic mass is 10.2. The molecule has 1 aromatic heterocycles. The van der Waals surface area contributed by atoms with Gasteiger partial charge in [0.25, 0.3) is 0 Å². The number of hydrazine groups is 1. The van der Waals surface area contributed by atoms with Crippen LogP contribution < -0.4 is 16.6 Å². The van der Waals surface area contributed by atoms with Gasteiger partial charge in [-0.15, -0.1) is 0 Å². The molecule has 114 valence electrons. The van der Waals surface area contributed by atoms with Gasteiger partial charge < -0.3 is 15.2 Å². The number of ether oxygens (including phenoxy) is 1. The normalized spacial score (nSPS) is 13.1. The summed E-state index contributed by atoms with van der Waals surface area (Å²) in [7, 11) is 1.44. The van der Waals surface area contributed by atoms with Gasteiger partial charge in [0.1, 0.15) is 5.82 Å². The Morgan fingerprint density at radius 2 is 2.15 bits per heavy atom. The van der Waals surface area contributed by atoms with Crippen LogP contribution in [0, 0.1) is 0 Å². The highest BCUT2D eigenvalue weighted by atomic mass is 19.4. The fourth-order valence-corrected chi connectivity index (χ4v) is 1.39. The van der Waals surface area contributed by atoms with Crippen LogP contribution in [0.1, 0.15) is 12.1 Å². The van der Waals surface area contributed by atoms with Crippen molar-refractivity contribution in [2.24, 2.45) is 5.84 Å². The van der Waals surface area contributed by atoms with Crippen LogP contribution >= 0.6 is 0 Å². The minimum Gasteiger partial charge on any atom is -0.391 e. The first kappa shape index (κ1) is 16.4. The third-order valence-corrected chi connectivity index (χ3v) is 2.29. The van der Waals surface area contributed by atoms with Crippen LogP contribution in [0.3, 0.4) is 0 Å². The van der Waals surface area contributed by atoms with Crippen molar-refractivity contribution in [1.29, 1.82) is 0 Å². The Hall–Kier alpha value is -1.65. The smallest absolute Gasteiger partial charge is 0.391 e. The SMILES string of the molecule is COCC(O)CCNc1cc(C(F)(F)F)nc(NN)n1. The van der Waals surface area contributed by atoms with Crippen molar-refractivity contribution in [3.63, 3.8) is 0 Å². The number of hydrogen-bond donors (Lipinski definition) is 4. The second-order valence-corrected chi connectivity index (χ2v) is 3.93. The first-order valence-electron chi connectivity index (χ1n) is 5.70. The summed E-state index contributed by atoms with van der Waals surface area (Å²) in [5.41, 5.74) is 0.857. The Morgan fingerprint density at radius 3 is 2.70 bits per heavy atom. The van der Waals surface area contributed by atoms with E-state index in [1.54, 1.807) is 0 Å². The first-order chi connectivity index (χ1) is 9.36. The predicted octanol–water partition coefficient (Wildman–Crippen LogP) is 0.590. The molecule has 0 spiro atoms. The Labute approximate surface area is 113 Å². The number of aromatic nitrogens is 2. The molecule has 0 aromatic carbocycles. The van der Waals surface area contributed by atoms with E-state index in [0.29, 0.717) is 6.42 Å². The molecule has 1 heterocycles. The summed E-state index contributed by atoms with van der Waals surface area (Å²) in [6.45, 7) is 0.373. The maximum Gasteiger partial charge on any atom is 0.433 e. The molecule has 0 saturated carbocycles. The number of alkyl halides is 3. The molecule has 0 bridgehead atoms. The van der Waals surface area contributed by atoms with E-state index in [1.165, 1.54) is 7.11 Å². The zero-order chi connectivity index (χ0) is 15.2.